The highest BCUT2D eigenvalue weighted by Gasteiger charge is 2.18. The Labute approximate surface area is 126 Å². The van der Waals surface area contributed by atoms with Crippen LogP contribution in [0.5, 0.6) is 0 Å². The van der Waals surface area contributed by atoms with Crippen LogP contribution >= 0.6 is 11.6 Å². The molecule has 21 heavy (non-hydrogen) atoms. The molecule has 0 fully saturated rings. The first-order valence-corrected chi connectivity index (χ1v) is 6.85. The average Bonchev–Trinajstić information content (AvgIpc) is 2.84. The maximum atomic E-state index is 12.3. The van der Waals surface area contributed by atoms with Gasteiger partial charge in [0.2, 0.25) is 0 Å². The standard InChI is InChI=1S/C15H14ClN3O2/c1-9-13(16)15(20)19-14(17-9)12(11(18-19)8-21-2)10-6-4-3-5-7-10/h3-7,18H,8H2,1-2H3. The SMILES string of the molecule is COCc1[nH]n2c(=O)c(Cl)c(C)nc2c1-c1ccccc1. The molecule has 0 aliphatic carbocycles. The minimum atomic E-state index is -0.307. The van der Waals surface area contributed by atoms with Gasteiger partial charge in [-0.15, -0.1) is 0 Å². The number of nitrogens with one attached hydrogen (secondary N) is 1. The lowest BCUT2D eigenvalue weighted by molar-refractivity contribution is 0.181. The Morgan fingerprint density at radius 2 is 2.05 bits per heavy atom. The van der Waals surface area contributed by atoms with Crippen LogP contribution in [0, 0.1) is 6.92 Å². The maximum absolute atomic E-state index is 12.3. The molecule has 2 heterocycles. The quantitative estimate of drug-likeness (QED) is 0.809. The molecule has 0 spiro atoms. The monoisotopic (exact) mass is 303 g/mol. The van der Waals surface area contributed by atoms with E-state index in [-0.39, 0.29) is 10.6 Å². The van der Waals surface area contributed by atoms with Gasteiger partial charge in [-0.25, -0.2) is 4.98 Å². The molecule has 108 valence electrons. The zero-order chi connectivity index (χ0) is 15.0. The fraction of sp³-hybridized carbons (Fsp3) is 0.200. The predicted octanol–water partition coefficient (Wildman–Crippen LogP) is 2.80. The Hall–Kier alpha value is -2.11. The number of aryl methyl sites for hydroxylation is 1. The third-order valence-corrected chi connectivity index (χ3v) is 3.75. The third-order valence-electron chi connectivity index (χ3n) is 3.32. The van der Waals surface area contributed by atoms with Crippen molar-refractivity contribution in [1.82, 2.24) is 14.6 Å². The number of aromatic amines is 1. The normalized spacial score (nSPS) is 11.2. The van der Waals surface area contributed by atoms with Crippen molar-refractivity contribution < 1.29 is 4.74 Å². The molecule has 0 aliphatic rings. The number of H-pyrrole nitrogens is 1. The largest absolute Gasteiger partial charge is 0.378 e. The highest BCUT2D eigenvalue weighted by Crippen LogP contribution is 2.28. The van der Waals surface area contributed by atoms with Gasteiger partial charge in [0.1, 0.15) is 5.02 Å². The van der Waals surface area contributed by atoms with Crippen LogP contribution in [0.3, 0.4) is 0 Å². The van der Waals surface area contributed by atoms with Crippen LogP contribution < -0.4 is 5.56 Å². The molecule has 2 aromatic heterocycles. The Morgan fingerprint density at radius 1 is 1.33 bits per heavy atom. The van der Waals surface area contributed by atoms with E-state index >= 15 is 0 Å². The molecule has 0 aliphatic heterocycles. The molecular weight excluding hydrogens is 290 g/mol. The fourth-order valence-corrected chi connectivity index (χ4v) is 2.49. The zero-order valence-corrected chi connectivity index (χ0v) is 12.4. The van der Waals surface area contributed by atoms with Gasteiger partial charge in [-0.1, -0.05) is 41.9 Å². The second-order valence-electron chi connectivity index (χ2n) is 4.74. The van der Waals surface area contributed by atoms with Gasteiger partial charge in [0.05, 0.1) is 18.0 Å². The third kappa shape index (κ3) is 2.24. The lowest BCUT2D eigenvalue weighted by Gasteiger charge is -2.03. The molecule has 0 saturated heterocycles. The zero-order valence-electron chi connectivity index (χ0n) is 11.7. The van der Waals surface area contributed by atoms with E-state index in [0.717, 1.165) is 16.8 Å². The Bertz CT molecular complexity index is 853. The topological polar surface area (TPSA) is 59.4 Å². The first-order chi connectivity index (χ1) is 10.1. The van der Waals surface area contributed by atoms with E-state index in [9.17, 15) is 4.79 Å². The first kappa shape index (κ1) is 13.9. The number of aromatic nitrogens is 3. The molecule has 0 unspecified atom stereocenters. The van der Waals surface area contributed by atoms with Crippen molar-refractivity contribution in [3.05, 3.63) is 57.1 Å². The minimum absolute atomic E-state index is 0.123. The summed E-state index contributed by atoms with van der Waals surface area (Å²) in [6.45, 7) is 2.07. The van der Waals surface area contributed by atoms with Crippen LogP contribution in [0.1, 0.15) is 11.4 Å². The van der Waals surface area contributed by atoms with Gasteiger partial charge in [-0.05, 0) is 12.5 Å². The van der Waals surface area contributed by atoms with Gasteiger partial charge in [0.25, 0.3) is 5.56 Å². The smallest absolute Gasteiger partial charge is 0.291 e. The van der Waals surface area contributed by atoms with Gasteiger partial charge in [-0.3, -0.25) is 9.89 Å². The van der Waals surface area contributed by atoms with E-state index in [0.29, 0.717) is 17.9 Å². The van der Waals surface area contributed by atoms with Crippen molar-refractivity contribution in [2.45, 2.75) is 13.5 Å². The molecule has 1 N–H and O–H groups in total. The summed E-state index contributed by atoms with van der Waals surface area (Å²) < 4.78 is 6.58. The van der Waals surface area contributed by atoms with E-state index in [1.807, 2.05) is 30.3 Å². The van der Waals surface area contributed by atoms with Crippen molar-refractivity contribution >= 4 is 17.2 Å². The van der Waals surface area contributed by atoms with E-state index in [2.05, 4.69) is 10.1 Å². The summed E-state index contributed by atoms with van der Waals surface area (Å²) in [7, 11) is 1.61. The molecule has 3 aromatic rings. The maximum Gasteiger partial charge on any atom is 0.291 e. The molecule has 0 atom stereocenters. The van der Waals surface area contributed by atoms with Gasteiger partial charge in [0.15, 0.2) is 5.65 Å². The molecule has 0 radical (unpaired) electrons. The number of hydrogen-bond acceptors (Lipinski definition) is 3. The molecule has 0 bridgehead atoms. The second kappa shape index (κ2) is 5.35. The second-order valence-corrected chi connectivity index (χ2v) is 5.12. The van der Waals surface area contributed by atoms with Crippen LogP contribution in [0.15, 0.2) is 35.1 Å². The summed E-state index contributed by atoms with van der Waals surface area (Å²) >= 11 is 5.99. The van der Waals surface area contributed by atoms with E-state index < -0.39 is 0 Å². The van der Waals surface area contributed by atoms with Gasteiger partial charge >= 0.3 is 0 Å². The van der Waals surface area contributed by atoms with Crippen molar-refractivity contribution in [3.8, 4) is 11.1 Å². The van der Waals surface area contributed by atoms with E-state index in [1.54, 1.807) is 14.0 Å². The number of rotatable bonds is 3. The Kier molecular flexibility index (Phi) is 3.53. The number of benzene rings is 1. The average molecular weight is 304 g/mol. The van der Waals surface area contributed by atoms with Crippen molar-refractivity contribution in [2.24, 2.45) is 0 Å². The van der Waals surface area contributed by atoms with Crippen LogP contribution in [-0.4, -0.2) is 21.7 Å². The highest BCUT2D eigenvalue weighted by atomic mass is 35.5. The fourth-order valence-electron chi connectivity index (χ4n) is 2.36. The van der Waals surface area contributed by atoms with Crippen molar-refractivity contribution in [2.75, 3.05) is 7.11 Å². The van der Waals surface area contributed by atoms with Crippen molar-refractivity contribution in [3.63, 3.8) is 0 Å². The van der Waals surface area contributed by atoms with E-state index in [4.69, 9.17) is 16.3 Å². The van der Waals surface area contributed by atoms with Crippen LogP contribution in [0.25, 0.3) is 16.8 Å². The van der Waals surface area contributed by atoms with Gasteiger partial charge in [-0.2, -0.15) is 4.52 Å². The molecular formula is C15H14ClN3O2. The molecule has 0 amide bonds. The predicted molar refractivity (Wildman–Crippen MR) is 81.7 cm³/mol. The van der Waals surface area contributed by atoms with Crippen LogP contribution in [-0.2, 0) is 11.3 Å². The lowest BCUT2D eigenvalue weighted by Crippen LogP contribution is -2.17. The molecule has 5 nitrogen and oxygen atoms in total. The summed E-state index contributed by atoms with van der Waals surface area (Å²) in [5, 5.41) is 3.15. The number of nitrogens with zero attached hydrogens (tertiary/aromatic N) is 2. The molecule has 3 rings (SSSR count). The Morgan fingerprint density at radius 3 is 2.71 bits per heavy atom. The summed E-state index contributed by atoms with van der Waals surface area (Å²) in [5.74, 6) is 0. The Balaban J connectivity index is 2.40. The first-order valence-electron chi connectivity index (χ1n) is 6.47. The number of halogens is 1. The lowest BCUT2D eigenvalue weighted by atomic mass is 10.1. The molecule has 1 aromatic carbocycles. The number of fused-ring (bicyclic) bond motifs is 1. The molecule has 0 saturated carbocycles. The highest BCUT2D eigenvalue weighted by molar-refractivity contribution is 6.31. The summed E-state index contributed by atoms with van der Waals surface area (Å²) in [4.78, 5) is 16.7. The number of ether oxygens (including phenoxy) is 1. The number of hydrogen-bond donors (Lipinski definition) is 1. The summed E-state index contributed by atoms with van der Waals surface area (Å²) in [5.41, 5.74) is 3.38. The van der Waals surface area contributed by atoms with Gasteiger partial charge < -0.3 is 4.74 Å². The van der Waals surface area contributed by atoms with Crippen molar-refractivity contribution in [1.29, 1.82) is 0 Å². The van der Waals surface area contributed by atoms with E-state index in [1.165, 1.54) is 4.52 Å². The summed E-state index contributed by atoms with van der Waals surface area (Å²) in [6.07, 6.45) is 0. The minimum Gasteiger partial charge on any atom is -0.378 e. The summed E-state index contributed by atoms with van der Waals surface area (Å²) in [6, 6.07) is 9.76. The van der Waals surface area contributed by atoms with Gasteiger partial charge in [0, 0.05) is 12.7 Å². The number of methoxy groups -OCH3 is 1. The van der Waals surface area contributed by atoms with Crippen LogP contribution in [0.4, 0.5) is 0 Å². The van der Waals surface area contributed by atoms with Crippen LogP contribution in [0.2, 0.25) is 5.02 Å². The molecule has 6 heteroatoms.